The zero-order valence-corrected chi connectivity index (χ0v) is 14.1. The van der Waals surface area contributed by atoms with Crippen LogP contribution < -0.4 is 15.8 Å². The van der Waals surface area contributed by atoms with E-state index in [1.54, 1.807) is 6.92 Å². The number of anilines is 1. The van der Waals surface area contributed by atoms with Gasteiger partial charge in [0.05, 0.1) is 12.3 Å². The summed E-state index contributed by atoms with van der Waals surface area (Å²) in [5.41, 5.74) is 7.15. The molecule has 0 aliphatic carbocycles. The summed E-state index contributed by atoms with van der Waals surface area (Å²) in [6.45, 7) is 2.42. The molecule has 118 valence electrons. The molecule has 0 atom stereocenters. The number of ether oxygens (including phenoxy) is 1. The Morgan fingerprint density at radius 2 is 2.22 bits per heavy atom. The normalized spacial score (nSPS) is 9.96. The first-order chi connectivity index (χ1) is 11.1. The van der Waals surface area contributed by atoms with Gasteiger partial charge < -0.3 is 15.8 Å². The largest absolute Gasteiger partial charge is 0.477 e. The molecule has 23 heavy (non-hydrogen) atoms. The summed E-state index contributed by atoms with van der Waals surface area (Å²) in [7, 11) is 0. The summed E-state index contributed by atoms with van der Waals surface area (Å²) < 4.78 is 6.19. The predicted octanol–water partition coefficient (Wildman–Crippen LogP) is 2.63. The third-order valence-corrected chi connectivity index (χ3v) is 3.81. The lowest BCUT2D eigenvalue weighted by molar-refractivity contribution is 0.0944. The van der Waals surface area contributed by atoms with E-state index in [9.17, 15) is 4.79 Å². The molecule has 0 aliphatic heterocycles. The summed E-state index contributed by atoms with van der Waals surface area (Å²) in [5.74, 6) is -0.320. The Morgan fingerprint density at radius 1 is 1.48 bits per heavy atom. The van der Waals surface area contributed by atoms with E-state index in [2.05, 4.69) is 26.2 Å². The highest BCUT2D eigenvalue weighted by atomic mass is 79.9. The molecule has 1 heterocycles. The van der Waals surface area contributed by atoms with Gasteiger partial charge in [-0.2, -0.15) is 5.26 Å². The number of halogens is 1. The maximum atomic E-state index is 12.3. The van der Waals surface area contributed by atoms with Crippen molar-refractivity contribution >= 4 is 27.5 Å². The van der Waals surface area contributed by atoms with E-state index in [1.807, 2.05) is 30.3 Å². The quantitative estimate of drug-likeness (QED) is 0.837. The molecule has 0 fully saturated rings. The Hall–Kier alpha value is -2.59. The van der Waals surface area contributed by atoms with Crippen LogP contribution in [0.1, 0.15) is 28.5 Å². The number of rotatable bonds is 5. The fraction of sp³-hybridized carbons (Fsp3) is 0.188. The third-order valence-electron chi connectivity index (χ3n) is 3.04. The number of benzene rings is 1. The van der Waals surface area contributed by atoms with Gasteiger partial charge in [0, 0.05) is 11.0 Å². The van der Waals surface area contributed by atoms with E-state index in [4.69, 9.17) is 15.7 Å². The molecule has 0 bridgehead atoms. The molecule has 1 aromatic carbocycles. The van der Waals surface area contributed by atoms with Crippen molar-refractivity contribution in [3.63, 3.8) is 0 Å². The van der Waals surface area contributed by atoms with E-state index in [1.165, 1.54) is 6.07 Å². The third kappa shape index (κ3) is 3.99. The molecule has 1 aromatic heterocycles. The van der Waals surface area contributed by atoms with Crippen LogP contribution in [0.2, 0.25) is 0 Å². The minimum absolute atomic E-state index is 0.0704. The van der Waals surface area contributed by atoms with Crippen molar-refractivity contribution in [1.29, 1.82) is 5.26 Å². The van der Waals surface area contributed by atoms with Crippen molar-refractivity contribution < 1.29 is 9.53 Å². The molecular weight excluding hydrogens is 360 g/mol. The van der Waals surface area contributed by atoms with Gasteiger partial charge in [0.2, 0.25) is 5.88 Å². The molecule has 0 saturated heterocycles. The van der Waals surface area contributed by atoms with Crippen LogP contribution in [-0.2, 0) is 6.54 Å². The van der Waals surface area contributed by atoms with Gasteiger partial charge in [-0.05, 0) is 24.6 Å². The molecule has 0 radical (unpaired) electrons. The predicted molar refractivity (Wildman–Crippen MR) is 89.8 cm³/mol. The Kier molecular flexibility index (Phi) is 5.55. The second-order valence-corrected chi connectivity index (χ2v) is 5.45. The molecule has 7 heteroatoms. The first-order valence-corrected chi connectivity index (χ1v) is 7.71. The second kappa shape index (κ2) is 7.61. The van der Waals surface area contributed by atoms with Gasteiger partial charge in [-0.1, -0.05) is 34.1 Å². The average Bonchev–Trinajstić information content (AvgIpc) is 2.54. The molecule has 2 rings (SSSR count). The van der Waals surface area contributed by atoms with Crippen LogP contribution in [0.3, 0.4) is 0 Å². The Morgan fingerprint density at radius 3 is 2.87 bits per heavy atom. The average molecular weight is 375 g/mol. The SMILES string of the molecule is CCOc1nc(C(=O)NCc2ccccc2Br)cc(N)c1C#N. The highest BCUT2D eigenvalue weighted by Gasteiger charge is 2.16. The summed E-state index contributed by atoms with van der Waals surface area (Å²) in [6, 6.07) is 10.9. The number of hydrogen-bond acceptors (Lipinski definition) is 5. The van der Waals surface area contributed by atoms with Crippen molar-refractivity contribution in [2.24, 2.45) is 0 Å². The van der Waals surface area contributed by atoms with Crippen LogP contribution in [0.5, 0.6) is 5.88 Å². The van der Waals surface area contributed by atoms with Gasteiger partial charge in [-0.15, -0.1) is 0 Å². The number of carbonyl (C=O) groups excluding carboxylic acids is 1. The van der Waals surface area contributed by atoms with Crippen molar-refractivity contribution in [2.45, 2.75) is 13.5 Å². The standard InChI is InChI=1S/C16H15BrN4O2/c1-2-23-16-11(8-18)13(19)7-14(21-16)15(22)20-9-10-5-3-4-6-12(10)17/h3-7H,2,9H2,1H3,(H2,19,21)(H,20,22). The number of nitrogen functional groups attached to an aromatic ring is 1. The lowest BCUT2D eigenvalue weighted by Crippen LogP contribution is -2.24. The lowest BCUT2D eigenvalue weighted by atomic mass is 10.2. The lowest BCUT2D eigenvalue weighted by Gasteiger charge is -2.10. The Labute approximate surface area is 142 Å². The van der Waals surface area contributed by atoms with Crippen LogP contribution >= 0.6 is 15.9 Å². The van der Waals surface area contributed by atoms with Crippen molar-refractivity contribution in [2.75, 3.05) is 12.3 Å². The minimum Gasteiger partial charge on any atom is -0.477 e. The molecule has 0 aliphatic rings. The highest BCUT2D eigenvalue weighted by molar-refractivity contribution is 9.10. The fourth-order valence-electron chi connectivity index (χ4n) is 1.92. The van der Waals surface area contributed by atoms with E-state index >= 15 is 0 Å². The fourth-order valence-corrected chi connectivity index (χ4v) is 2.34. The number of pyridine rings is 1. The number of nitriles is 1. The summed E-state index contributed by atoms with van der Waals surface area (Å²) in [4.78, 5) is 16.3. The van der Waals surface area contributed by atoms with E-state index in [0.717, 1.165) is 10.0 Å². The van der Waals surface area contributed by atoms with Crippen LogP contribution in [0.15, 0.2) is 34.8 Å². The van der Waals surface area contributed by atoms with E-state index in [-0.39, 0.29) is 22.8 Å². The Bertz CT molecular complexity index is 771. The van der Waals surface area contributed by atoms with Gasteiger partial charge in [-0.25, -0.2) is 4.98 Å². The summed E-state index contributed by atoms with van der Waals surface area (Å²) in [5, 5.41) is 11.8. The smallest absolute Gasteiger partial charge is 0.270 e. The number of amides is 1. The zero-order valence-electron chi connectivity index (χ0n) is 12.5. The van der Waals surface area contributed by atoms with Gasteiger partial charge in [0.25, 0.3) is 5.91 Å². The van der Waals surface area contributed by atoms with E-state index in [0.29, 0.717) is 13.2 Å². The number of nitrogens with two attached hydrogens (primary N) is 1. The maximum absolute atomic E-state index is 12.3. The summed E-state index contributed by atoms with van der Waals surface area (Å²) in [6.07, 6.45) is 0. The second-order valence-electron chi connectivity index (χ2n) is 4.60. The van der Waals surface area contributed by atoms with Crippen molar-refractivity contribution in [3.8, 4) is 11.9 Å². The molecule has 0 spiro atoms. The molecule has 3 N–H and O–H groups in total. The summed E-state index contributed by atoms with van der Waals surface area (Å²) >= 11 is 3.42. The number of carbonyl (C=O) groups is 1. The molecule has 6 nitrogen and oxygen atoms in total. The van der Waals surface area contributed by atoms with Crippen LogP contribution in [0.25, 0.3) is 0 Å². The molecule has 0 unspecified atom stereocenters. The molecule has 2 aromatic rings. The van der Waals surface area contributed by atoms with Gasteiger partial charge in [0.15, 0.2) is 0 Å². The van der Waals surface area contributed by atoms with E-state index < -0.39 is 5.91 Å². The molecular formula is C16H15BrN4O2. The Balaban J connectivity index is 2.19. The van der Waals surface area contributed by atoms with Gasteiger partial charge in [-0.3, -0.25) is 4.79 Å². The number of hydrogen-bond donors (Lipinski definition) is 2. The van der Waals surface area contributed by atoms with Crippen LogP contribution in [0.4, 0.5) is 5.69 Å². The monoisotopic (exact) mass is 374 g/mol. The number of aromatic nitrogens is 1. The number of nitrogens with one attached hydrogen (secondary N) is 1. The molecule has 1 amide bonds. The van der Waals surface area contributed by atoms with Crippen LogP contribution in [0, 0.1) is 11.3 Å². The van der Waals surface area contributed by atoms with Crippen molar-refractivity contribution in [3.05, 3.63) is 51.6 Å². The first-order valence-electron chi connectivity index (χ1n) is 6.91. The topological polar surface area (TPSA) is 101 Å². The highest BCUT2D eigenvalue weighted by Crippen LogP contribution is 2.23. The minimum atomic E-state index is -0.391. The zero-order chi connectivity index (χ0) is 16.8. The number of nitrogens with zero attached hydrogens (tertiary/aromatic N) is 2. The maximum Gasteiger partial charge on any atom is 0.270 e. The van der Waals surface area contributed by atoms with Gasteiger partial charge in [0.1, 0.15) is 17.3 Å². The van der Waals surface area contributed by atoms with Crippen LogP contribution in [-0.4, -0.2) is 17.5 Å². The molecule has 0 saturated carbocycles. The van der Waals surface area contributed by atoms with Crippen molar-refractivity contribution in [1.82, 2.24) is 10.3 Å². The first kappa shape index (κ1) is 16.8. The van der Waals surface area contributed by atoms with Gasteiger partial charge >= 0.3 is 0 Å².